The van der Waals surface area contributed by atoms with Crippen LogP contribution in [0, 0.1) is 11.8 Å². The van der Waals surface area contributed by atoms with E-state index in [4.69, 9.17) is 17.3 Å². The second kappa shape index (κ2) is 4.51. The summed E-state index contributed by atoms with van der Waals surface area (Å²) in [6.45, 7) is 2.32. The maximum Gasteiger partial charge on any atom is 0.0407 e. The molecule has 2 unspecified atom stereocenters. The van der Waals surface area contributed by atoms with Crippen molar-refractivity contribution in [2.75, 3.05) is 18.0 Å². The van der Waals surface area contributed by atoms with E-state index < -0.39 is 0 Å². The summed E-state index contributed by atoms with van der Waals surface area (Å²) in [5.74, 6) is 1.57. The fourth-order valence-corrected chi connectivity index (χ4v) is 3.60. The van der Waals surface area contributed by atoms with E-state index in [9.17, 15) is 0 Å². The Kier molecular flexibility index (Phi) is 3.01. The van der Waals surface area contributed by atoms with Gasteiger partial charge in [-0.1, -0.05) is 11.6 Å². The molecule has 1 aliphatic heterocycles. The van der Waals surface area contributed by atoms with Crippen molar-refractivity contribution >= 4 is 17.3 Å². The molecule has 1 aromatic carbocycles. The largest absolute Gasteiger partial charge is 0.371 e. The van der Waals surface area contributed by atoms with Gasteiger partial charge >= 0.3 is 0 Å². The van der Waals surface area contributed by atoms with Gasteiger partial charge in [-0.2, -0.15) is 0 Å². The Bertz CT molecular complexity index is 372. The lowest BCUT2D eigenvalue weighted by Crippen LogP contribution is -2.47. The minimum Gasteiger partial charge on any atom is -0.371 e. The molecule has 2 N–H and O–H groups in total. The van der Waals surface area contributed by atoms with E-state index in [1.807, 2.05) is 12.1 Å². The molecule has 0 aromatic heterocycles. The van der Waals surface area contributed by atoms with Crippen molar-refractivity contribution in [3.05, 3.63) is 29.3 Å². The normalized spacial score (nSPS) is 32.6. The predicted molar refractivity (Wildman–Crippen MR) is 72.5 cm³/mol. The van der Waals surface area contributed by atoms with E-state index in [1.165, 1.54) is 24.9 Å². The molecule has 3 rings (SSSR count). The lowest BCUT2D eigenvalue weighted by Gasteiger charge is -2.44. The number of fused-ring (bicyclic) bond motifs is 2. The van der Waals surface area contributed by atoms with Gasteiger partial charge < -0.3 is 10.6 Å². The molecule has 0 spiro atoms. The molecule has 1 heterocycles. The molecule has 92 valence electrons. The molecule has 0 radical (unpaired) electrons. The molecule has 2 nitrogen and oxygen atoms in total. The highest BCUT2D eigenvalue weighted by atomic mass is 35.5. The Morgan fingerprint density at radius 3 is 2.18 bits per heavy atom. The van der Waals surface area contributed by atoms with Gasteiger partial charge in [-0.3, -0.25) is 0 Å². The Labute approximate surface area is 108 Å². The average molecular weight is 251 g/mol. The van der Waals surface area contributed by atoms with Crippen molar-refractivity contribution in [1.29, 1.82) is 0 Å². The summed E-state index contributed by atoms with van der Waals surface area (Å²) in [4.78, 5) is 2.50. The van der Waals surface area contributed by atoms with Gasteiger partial charge in [0.15, 0.2) is 0 Å². The van der Waals surface area contributed by atoms with Crippen LogP contribution in [0.5, 0.6) is 0 Å². The molecule has 2 aliphatic rings. The average Bonchev–Trinajstić information content (AvgIpc) is 2.28. The van der Waals surface area contributed by atoms with Crippen LogP contribution < -0.4 is 10.6 Å². The van der Waals surface area contributed by atoms with Crippen molar-refractivity contribution in [3.8, 4) is 0 Å². The number of nitrogens with zero attached hydrogens (tertiary/aromatic N) is 1. The second-order valence-electron chi connectivity index (χ2n) is 5.58. The fourth-order valence-electron chi connectivity index (χ4n) is 3.48. The lowest BCUT2D eigenvalue weighted by molar-refractivity contribution is 0.208. The maximum atomic E-state index is 6.09. The van der Waals surface area contributed by atoms with Crippen LogP contribution in [-0.2, 0) is 0 Å². The molecule has 1 aromatic rings. The molecular weight excluding hydrogens is 232 g/mol. The molecular formula is C14H19ClN2. The van der Waals surface area contributed by atoms with Gasteiger partial charge in [-0.25, -0.2) is 0 Å². The van der Waals surface area contributed by atoms with E-state index in [-0.39, 0.29) is 0 Å². The van der Waals surface area contributed by atoms with Crippen LogP contribution in [0.25, 0.3) is 0 Å². The topological polar surface area (TPSA) is 29.3 Å². The predicted octanol–water partition coefficient (Wildman–Crippen LogP) is 2.90. The summed E-state index contributed by atoms with van der Waals surface area (Å²) >= 11 is 5.93. The highest BCUT2D eigenvalue weighted by Crippen LogP contribution is 2.36. The summed E-state index contributed by atoms with van der Waals surface area (Å²) in [7, 11) is 0. The first-order valence-corrected chi connectivity index (χ1v) is 6.84. The van der Waals surface area contributed by atoms with Gasteiger partial charge in [0.05, 0.1) is 0 Å². The van der Waals surface area contributed by atoms with Crippen molar-refractivity contribution in [2.45, 2.75) is 25.3 Å². The van der Waals surface area contributed by atoms with Gasteiger partial charge in [0.25, 0.3) is 0 Å². The van der Waals surface area contributed by atoms with Crippen LogP contribution in [0.15, 0.2) is 24.3 Å². The van der Waals surface area contributed by atoms with Gasteiger partial charge in [0, 0.05) is 29.8 Å². The molecule has 1 saturated carbocycles. The van der Waals surface area contributed by atoms with Crippen LogP contribution in [0.4, 0.5) is 5.69 Å². The summed E-state index contributed by atoms with van der Waals surface area (Å²) in [5, 5.41) is 0.813. The van der Waals surface area contributed by atoms with Crippen molar-refractivity contribution in [2.24, 2.45) is 17.6 Å². The molecule has 1 aliphatic carbocycles. The Morgan fingerprint density at radius 2 is 1.59 bits per heavy atom. The van der Waals surface area contributed by atoms with Crippen molar-refractivity contribution in [3.63, 3.8) is 0 Å². The van der Waals surface area contributed by atoms with Gasteiger partial charge in [0.1, 0.15) is 0 Å². The first-order valence-electron chi connectivity index (χ1n) is 6.47. The number of hydrogen-bond acceptors (Lipinski definition) is 2. The molecule has 2 fully saturated rings. The smallest absolute Gasteiger partial charge is 0.0407 e. The number of piperidine rings is 1. The number of hydrogen-bond donors (Lipinski definition) is 1. The molecule has 1 saturated heterocycles. The quantitative estimate of drug-likeness (QED) is 0.831. The number of halogens is 1. The van der Waals surface area contributed by atoms with Crippen molar-refractivity contribution < 1.29 is 0 Å². The molecule has 0 amide bonds. The lowest BCUT2D eigenvalue weighted by atomic mass is 9.75. The first kappa shape index (κ1) is 11.4. The molecule has 2 atom stereocenters. The minimum absolute atomic E-state index is 0.436. The molecule has 3 heteroatoms. The summed E-state index contributed by atoms with van der Waals surface area (Å²) in [6.07, 6.45) is 3.76. The van der Waals surface area contributed by atoms with Gasteiger partial charge in [-0.05, 0) is 55.4 Å². The van der Waals surface area contributed by atoms with E-state index in [2.05, 4.69) is 17.0 Å². The SMILES string of the molecule is NC1CC2CC(C1)CN(c1ccc(Cl)cc1)C2. The fraction of sp³-hybridized carbons (Fsp3) is 0.571. The Balaban J connectivity index is 1.75. The minimum atomic E-state index is 0.436. The van der Waals surface area contributed by atoms with Crippen molar-refractivity contribution in [1.82, 2.24) is 0 Å². The van der Waals surface area contributed by atoms with E-state index in [0.717, 1.165) is 29.9 Å². The number of nitrogens with two attached hydrogens (primary N) is 1. The van der Waals surface area contributed by atoms with Crippen LogP contribution in [-0.4, -0.2) is 19.1 Å². The Morgan fingerprint density at radius 1 is 1.00 bits per heavy atom. The first-order chi connectivity index (χ1) is 8.20. The zero-order valence-corrected chi connectivity index (χ0v) is 10.7. The van der Waals surface area contributed by atoms with Gasteiger partial charge in [-0.15, -0.1) is 0 Å². The third kappa shape index (κ3) is 2.43. The van der Waals surface area contributed by atoms with E-state index in [1.54, 1.807) is 0 Å². The monoisotopic (exact) mass is 250 g/mol. The highest BCUT2D eigenvalue weighted by molar-refractivity contribution is 6.30. The number of benzene rings is 1. The van der Waals surface area contributed by atoms with Crippen LogP contribution >= 0.6 is 11.6 Å². The second-order valence-corrected chi connectivity index (χ2v) is 6.02. The zero-order chi connectivity index (χ0) is 11.8. The van der Waals surface area contributed by atoms with E-state index in [0.29, 0.717) is 6.04 Å². The number of anilines is 1. The Hall–Kier alpha value is -0.730. The standard InChI is InChI=1S/C14H19ClN2/c15-12-1-3-14(4-2-12)17-8-10-5-11(9-17)7-13(16)6-10/h1-4,10-11,13H,5-9,16H2. The van der Waals surface area contributed by atoms with Crippen LogP contribution in [0.1, 0.15) is 19.3 Å². The summed E-state index contributed by atoms with van der Waals surface area (Å²) in [6, 6.07) is 8.65. The number of rotatable bonds is 1. The zero-order valence-electron chi connectivity index (χ0n) is 9.98. The highest BCUT2D eigenvalue weighted by Gasteiger charge is 2.33. The van der Waals surface area contributed by atoms with Crippen LogP contribution in [0.3, 0.4) is 0 Å². The van der Waals surface area contributed by atoms with E-state index >= 15 is 0 Å². The summed E-state index contributed by atoms with van der Waals surface area (Å²) < 4.78 is 0. The van der Waals surface area contributed by atoms with Gasteiger partial charge in [0.2, 0.25) is 0 Å². The third-order valence-corrected chi connectivity index (χ3v) is 4.34. The maximum absolute atomic E-state index is 6.09. The summed E-state index contributed by atoms with van der Waals surface area (Å²) in [5.41, 5.74) is 7.40. The third-order valence-electron chi connectivity index (χ3n) is 4.09. The molecule has 2 bridgehead atoms. The molecule has 17 heavy (non-hydrogen) atoms. The van der Waals surface area contributed by atoms with Crippen LogP contribution in [0.2, 0.25) is 5.02 Å².